The molecule has 0 saturated heterocycles. The standard InChI is InChI=1S/C15H18N4O5/c1-24-15(23)11(9-20)18-13(21)7-16-14(22)8-19-12-5-3-2-4-10(12)6-17-19/h2-6,11,20H,7-9H2,1H3,(H,16,22)(H,18,21)/t11-/m0/s1. The fraction of sp³-hybridized carbons (Fsp3) is 0.333. The van der Waals surface area contributed by atoms with Gasteiger partial charge in [-0.1, -0.05) is 18.2 Å². The van der Waals surface area contributed by atoms with Crippen molar-refractivity contribution in [1.82, 2.24) is 20.4 Å². The maximum absolute atomic E-state index is 11.9. The van der Waals surface area contributed by atoms with Gasteiger partial charge < -0.3 is 20.5 Å². The van der Waals surface area contributed by atoms with E-state index in [0.29, 0.717) is 0 Å². The first kappa shape index (κ1) is 17.4. The molecule has 0 aliphatic heterocycles. The molecule has 0 aliphatic carbocycles. The first-order valence-electron chi connectivity index (χ1n) is 7.20. The molecular weight excluding hydrogens is 316 g/mol. The van der Waals surface area contributed by atoms with Gasteiger partial charge in [-0.05, 0) is 6.07 Å². The van der Waals surface area contributed by atoms with E-state index in [-0.39, 0.29) is 13.1 Å². The molecule has 9 nitrogen and oxygen atoms in total. The van der Waals surface area contributed by atoms with Crippen molar-refractivity contribution in [2.45, 2.75) is 12.6 Å². The summed E-state index contributed by atoms with van der Waals surface area (Å²) in [6.07, 6.45) is 1.65. The van der Waals surface area contributed by atoms with Gasteiger partial charge >= 0.3 is 5.97 Å². The minimum Gasteiger partial charge on any atom is -0.467 e. The number of aliphatic hydroxyl groups is 1. The van der Waals surface area contributed by atoms with E-state index >= 15 is 0 Å². The average molecular weight is 334 g/mol. The third-order valence-corrected chi connectivity index (χ3v) is 3.29. The molecular formula is C15H18N4O5. The molecule has 3 N–H and O–H groups in total. The highest BCUT2D eigenvalue weighted by atomic mass is 16.5. The highest BCUT2D eigenvalue weighted by molar-refractivity contribution is 5.88. The van der Waals surface area contributed by atoms with Crippen molar-refractivity contribution in [3.05, 3.63) is 30.5 Å². The molecule has 0 radical (unpaired) electrons. The summed E-state index contributed by atoms with van der Waals surface area (Å²) >= 11 is 0. The Balaban J connectivity index is 1.84. The molecule has 128 valence electrons. The summed E-state index contributed by atoms with van der Waals surface area (Å²) in [6, 6.07) is 6.27. The van der Waals surface area contributed by atoms with E-state index in [0.717, 1.165) is 18.0 Å². The van der Waals surface area contributed by atoms with Gasteiger partial charge in [-0.2, -0.15) is 5.10 Å². The number of carbonyl (C=O) groups is 3. The lowest BCUT2D eigenvalue weighted by Gasteiger charge is -2.14. The number of para-hydroxylation sites is 1. The highest BCUT2D eigenvalue weighted by Crippen LogP contribution is 2.11. The van der Waals surface area contributed by atoms with E-state index in [1.165, 1.54) is 4.68 Å². The predicted octanol–water partition coefficient (Wildman–Crippen LogP) is -1.20. The van der Waals surface area contributed by atoms with Gasteiger partial charge in [0.1, 0.15) is 6.54 Å². The Morgan fingerprint density at radius 1 is 1.29 bits per heavy atom. The van der Waals surface area contributed by atoms with E-state index in [2.05, 4.69) is 20.5 Å². The molecule has 2 rings (SSSR count). The second kappa shape index (κ2) is 8.06. The van der Waals surface area contributed by atoms with Gasteiger partial charge in [0.15, 0.2) is 6.04 Å². The molecule has 2 amide bonds. The SMILES string of the molecule is COC(=O)[C@H](CO)NC(=O)CNC(=O)Cn1ncc2ccccc21. The van der Waals surface area contributed by atoms with Gasteiger partial charge in [-0.3, -0.25) is 14.3 Å². The zero-order chi connectivity index (χ0) is 17.5. The molecule has 0 unspecified atom stereocenters. The lowest BCUT2D eigenvalue weighted by atomic mass is 10.2. The molecule has 2 aromatic rings. The van der Waals surface area contributed by atoms with E-state index in [1.807, 2.05) is 24.3 Å². The topological polar surface area (TPSA) is 123 Å². The fourth-order valence-electron chi connectivity index (χ4n) is 2.09. The lowest BCUT2D eigenvalue weighted by Crippen LogP contribution is -2.48. The summed E-state index contributed by atoms with van der Waals surface area (Å²) in [4.78, 5) is 34.9. The number of amides is 2. The van der Waals surface area contributed by atoms with Gasteiger partial charge in [-0.25, -0.2) is 4.79 Å². The maximum atomic E-state index is 11.9. The molecule has 0 bridgehead atoms. The second-order valence-electron chi connectivity index (χ2n) is 4.96. The van der Waals surface area contributed by atoms with Gasteiger partial charge in [-0.15, -0.1) is 0 Å². The van der Waals surface area contributed by atoms with Crippen LogP contribution in [0.5, 0.6) is 0 Å². The number of rotatable bonds is 7. The Morgan fingerprint density at radius 2 is 2.04 bits per heavy atom. The Kier molecular flexibility index (Phi) is 5.85. The lowest BCUT2D eigenvalue weighted by molar-refractivity contribution is -0.146. The molecule has 1 heterocycles. The number of methoxy groups -OCH3 is 1. The third kappa shape index (κ3) is 4.29. The number of ether oxygens (including phenoxy) is 1. The van der Waals surface area contributed by atoms with Crippen LogP contribution in [0.1, 0.15) is 0 Å². The first-order chi connectivity index (χ1) is 11.5. The largest absolute Gasteiger partial charge is 0.467 e. The normalized spacial score (nSPS) is 11.8. The number of esters is 1. The van der Waals surface area contributed by atoms with Crippen molar-refractivity contribution in [2.24, 2.45) is 0 Å². The number of fused-ring (bicyclic) bond motifs is 1. The quantitative estimate of drug-likeness (QED) is 0.547. The highest BCUT2D eigenvalue weighted by Gasteiger charge is 2.20. The molecule has 1 atom stereocenters. The van der Waals surface area contributed by atoms with Crippen LogP contribution in [0.25, 0.3) is 10.9 Å². The van der Waals surface area contributed by atoms with Crippen LogP contribution in [-0.2, 0) is 25.7 Å². The molecule has 24 heavy (non-hydrogen) atoms. The van der Waals surface area contributed by atoms with E-state index in [9.17, 15) is 14.4 Å². The minimum absolute atomic E-state index is 0.0405. The van der Waals surface area contributed by atoms with Crippen LogP contribution in [0.15, 0.2) is 30.5 Å². The molecule has 0 saturated carbocycles. The average Bonchev–Trinajstić information content (AvgIpc) is 3.00. The maximum Gasteiger partial charge on any atom is 0.330 e. The Morgan fingerprint density at radius 3 is 2.75 bits per heavy atom. The number of carbonyl (C=O) groups excluding carboxylic acids is 3. The van der Waals surface area contributed by atoms with Crippen LogP contribution in [0, 0.1) is 0 Å². The van der Waals surface area contributed by atoms with Crippen LogP contribution < -0.4 is 10.6 Å². The van der Waals surface area contributed by atoms with Gasteiger partial charge in [0.05, 0.1) is 32.0 Å². The van der Waals surface area contributed by atoms with Crippen LogP contribution in [-0.4, -0.2) is 59.0 Å². The Labute approximate surface area is 137 Å². The third-order valence-electron chi connectivity index (χ3n) is 3.29. The molecule has 9 heteroatoms. The Hall–Kier alpha value is -2.94. The number of hydrogen-bond donors (Lipinski definition) is 3. The minimum atomic E-state index is -1.16. The second-order valence-corrected chi connectivity index (χ2v) is 4.96. The number of aliphatic hydroxyl groups excluding tert-OH is 1. The van der Waals surface area contributed by atoms with Crippen LogP contribution in [0.2, 0.25) is 0 Å². The summed E-state index contributed by atoms with van der Waals surface area (Å²) < 4.78 is 5.95. The summed E-state index contributed by atoms with van der Waals surface area (Å²) in [5.74, 6) is -1.78. The van der Waals surface area contributed by atoms with E-state index < -0.39 is 30.4 Å². The molecule has 0 aliphatic rings. The van der Waals surface area contributed by atoms with Crippen molar-refractivity contribution in [1.29, 1.82) is 0 Å². The smallest absolute Gasteiger partial charge is 0.330 e. The van der Waals surface area contributed by atoms with Crippen molar-refractivity contribution in [3.63, 3.8) is 0 Å². The predicted molar refractivity (Wildman–Crippen MR) is 83.8 cm³/mol. The first-order valence-corrected chi connectivity index (χ1v) is 7.20. The van der Waals surface area contributed by atoms with Gasteiger partial charge in [0.25, 0.3) is 0 Å². The van der Waals surface area contributed by atoms with Gasteiger partial charge in [0, 0.05) is 5.39 Å². The molecule has 1 aromatic heterocycles. The Bertz CT molecular complexity index is 742. The molecule has 0 fully saturated rings. The number of aromatic nitrogens is 2. The zero-order valence-corrected chi connectivity index (χ0v) is 13.1. The monoisotopic (exact) mass is 334 g/mol. The van der Waals surface area contributed by atoms with Crippen molar-refractivity contribution < 1.29 is 24.2 Å². The van der Waals surface area contributed by atoms with Crippen LogP contribution >= 0.6 is 0 Å². The number of benzene rings is 1. The summed E-state index contributed by atoms with van der Waals surface area (Å²) in [5, 5.41) is 18.7. The van der Waals surface area contributed by atoms with Crippen LogP contribution in [0.3, 0.4) is 0 Å². The summed E-state index contributed by atoms with van der Waals surface area (Å²) in [6.45, 7) is -0.960. The van der Waals surface area contributed by atoms with Crippen molar-refractivity contribution >= 4 is 28.7 Å². The fourth-order valence-corrected chi connectivity index (χ4v) is 2.09. The zero-order valence-electron chi connectivity index (χ0n) is 13.1. The number of nitrogens with one attached hydrogen (secondary N) is 2. The van der Waals surface area contributed by atoms with E-state index in [1.54, 1.807) is 6.20 Å². The number of hydrogen-bond acceptors (Lipinski definition) is 6. The van der Waals surface area contributed by atoms with E-state index in [4.69, 9.17) is 5.11 Å². The number of nitrogens with zero attached hydrogens (tertiary/aromatic N) is 2. The summed E-state index contributed by atoms with van der Waals surface area (Å²) in [5.41, 5.74) is 0.808. The van der Waals surface area contributed by atoms with Crippen molar-refractivity contribution in [3.8, 4) is 0 Å². The molecule has 0 spiro atoms. The summed E-state index contributed by atoms with van der Waals surface area (Å²) in [7, 11) is 1.15. The van der Waals surface area contributed by atoms with Crippen LogP contribution in [0.4, 0.5) is 0 Å². The molecule has 1 aromatic carbocycles. The van der Waals surface area contributed by atoms with Gasteiger partial charge in [0.2, 0.25) is 11.8 Å². The van der Waals surface area contributed by atoms with Crippen molar-refractivity contribution in [2.75, 3.05) is 20.3 Å².